The summed E-state index contributed by atoms with van der Waals surface area (Å²) in [5.41, 5.74) is 4.11. The fourth-order valence-electron chi connectivity index (χ4n) is 4.51. The Morgan fingerprint density at radius 3 is 2.29 bits per heavy atom. The van der Waals surface area contributed by atoms with E-state index in [1.54, 1.807) is 35.9 Å². The molecule has 0 saturated heterocycles. The molecule has 42 heavy (non-hydrogen) atoms. The molecule has 0 radical (unpaired) electrons. The van der Waals surface area contributed by atoms with Crippen LogP contribution in [-0.2, 0) is 9.84 Å². The second-order valence-corrected chi connectivity index (χ2v) is 11.5. The monoisotopic (exact) mass is 597 g/mol. The molecule has 5 rings (SSSR count). The van der Waals surface area contributed by atoms with Gasteiger partial charge in [0, 0.05) is 30.4 Å². The number of halogens is 3. The van der Waals surface area contributed by atoms with Crippen molar-refractivity contribution in [2.45, 2.75) is 32.0 Å². The first-order chi connectivity index (χ1) is 19.8. The summed E-state index contributed by atoms with van der Waals surface area (Å²) in [5.74, 6) is 0.772. The normalized spacial score (nSPS) is 12.0. The average molecular weight is 598 g/mol. The van der Waals surface area contributed by atoms with Gasteiger partial charge in [0.2, 0.25) is 5.88 Å². The largest absolute Gasteiger partial charge is 0.573 e. The van der Waals surface area contributed by atoms with E-state index in [2.05, 4.69) is 14.8 Å². The number of alkyl halides is 3. The molecule has 12 heteroatoms. The minimum atomic E-state index is -4.82. The van der Waals surface area contributed by atoms with Crippen molar-refractivity contribution in [3.05, 3.63) is 84.4 Å². The lowest BCUT2D eigenvalue weighted by Crippen LogP contribution is -2.16. The third-order valence-corrected chi connectivity index (χ3v) is 7.36. The number of rotatable bonds is 8. The molecule has 0 atom stereocenters. The van der Waals surface area contributed by atoms with Crippen LogP contribution in [-0.4, -0.2) is 42.4 Å². The maximum absolute atomic E-state index is 12.7. The molecule has 5 aromatic rings. The molecular weight excluding hydrogens is 571 g/mol. The molecule has 3 aromatic carbocycles. The topological polar surface area (TPSA) is 96.5 Å². The molecule has 0 aliphatic carbocycles. The molecule has 0 unspecified atom stereocenters. The molecule has 0 fully saturated rings. The van der Waals surface area contributed by atoms with E-state index in [0.29, 0.717) is 63.5 Å². The Balaban J connectivity index is 1.71. The van der Waals surface area contributed by atoms with Crippen molar-refractivity contribution in [3.8, 4) is 51.0 Å². The Labute approximate surface area is 240 Å². The van der Waals surface area contributed by atoms with E-state index in [1.165, 1.54) is 30.3 Å². The zero-order valence-electron chi connectivity index (χ0n) is 23.1. The highest BCUT2D eigenvalue weighted by Gasteiger charge is 2.31. The van der Waals surface area contributed by atoms with Crippen LogP contribution in [0.3, 0.4) is 0 Å². The van der Waals surface area contributed by atoms with Crippen molar-refractivity contribution < 1.29 is 35.5 Å². The standard InChI is InChI=1S/C30H26F3N3O5S/c1-5-39-27-15-18(2)35-36(27)26-14-11-22(21-7-6-8-24(16-21)42(4,37)38)17-25(26)28-29(40-19(3)34-28)20-9-12-23(13-10-20)41-30(31,32)33/h6-17H,5H2,1-4H3. The Hall–Kier alpha value is -4.58. The third kappa shape index (κ3) is 6.18. The first-order valence-corrected chi connectivity index (χ1v) is 14.7. The summed E-state index contributed by atoms with van der Waals surface area (Å²) in [5, 5.41) is 4.62. The quantitative estimate of drug-likeness (QED) is 0.187. The van der Waals surface area contributed by atoms with Gasteiger partial charge in [0.15, 0.2) is 21.5 Å². The zero-order valence-corrected chi connectivity index (χ0v) is 23.9. The molecule has 0 aliphatic rings. The van der Waals surface area contributed by atoms with E-state index in [-0.39, 0.29) is 10.6 Å². The molecule has 218 valence electrons. The van der Waals surface area contributed by atoms with Crippen LogP contribution < -0.4 is 9.47 Å². The fourth-order valence-corrected chi connectivity index (χ4v) is 5.18. The number of nitrogens with zero attached hydrogens (tertiary/aromatic N) is 3. The van der Waals surface area contributed by atoms with Gasteiger partial charge in [-0.3, -0.25) is 0 Å². The van der Waals surface area contributed by atoms with Gasteiger partial charge in [0.25, 0.3) is 0 Å². The molecule has 8 nitrogen and oxygen atoms in total. The van der Waals surface area contributed by atoms with Crippen LogP contribution in [0.1, 0.15) is 18.5 Å². The van der Waals surface area contributed by atoms with Crippen LogP contribution >= 0.6 is 0 Å². The highest BCUT2D eigenvalue weighted by Crippen LogP contribution is 2.40. The predicted molar refractivity (Wildman–Crippen MR) is 150 cm³/mol. The number of oxazole rings is 1. The van der Waals surface area contributed by atoms with E-state index >= 15 is 0 Å². The molecule has 2 aromatic heterocycles. The minimum absolute atomic E-state index is 0.172. The Morgan fingerprint density at radius 2 is 1.62 bits per heavy atom. The number of sulfone groups is 1. The van der Waals surface area contributed by atoms with Gasteiger partial charge in [-0.2, -0.15) is 5.10 Å². The lowest BCUT2D eigenvalue weighted by molar-refractivity contribution is -0.274. The maximum Gasteiger partial charge on any atom is 0.573 e. The van der Waals surface area contributed by atoms with Gasteiger partial charge in [-0.05, 0) is 73.5 Å². The first-order valence-electron chi connectivity index (χ1n) is 12.8. The second kappa shape index (κ2) is 11.0. The predicted octanol–water partition coefficient (Wildman–Crippen LogP) is 7.18. The van der Waals surface area contributed by atoms with Crippen LogP contribution in [0.25, 0.3) is 39.4 Å². The third-order valence-electron chi connectivity index (χ3n) is 6.25. The van der Waals surface area contributed by atoms with Gasteiger partial charge in [-0.1, -0.05) is 18.2 Å². The maximum atomic E-state index is 12.7. The van der Waals surface area contributed by atoms with Crippen molar-refractivity contribution in [1.29, 1.82) is 0 Å². The summed E-state index contributed by atoms with van der Waals surface area (Å²) in [4.78, 5) is 4.82. The Morgan fingerprint density at radius 1 is 0.929 bits per heavy atom. The highest BCUT2D eigenvalue weighted by atomic mass is 32.2. The molecule has 0 saturated carbocycles. The van der Waals surface area contributed by atoms with Crippen molar-refractivity contribution in [2.75, 3.05) is 12.9 Å². The lowest BCUT2D eigenvalue weighted by atomic mass is 9.98. The Kier molecular flexibility index (Phi) is 7.58. The average Bonchev–Trinajstić information content (AvgIpc) is 3.49. The van der Waals surface area contributed by atoms with Crippen LogP contribution in [0.5, 0.6) is 11.6 Å². The lowest BCUT2D eigenvalue weighted by Gasteiger charge is -2.15. The Bertz CT molecular complexity index is 1860. The molecule has 2 heterocycles. The number of aromatic nitrogens is 3. The first kappa shape index (κ1) is 28.9. The SMILES string of the molecule is CCOc1cc(C)nn1-c1ccc(-c2cccc(S(C)(=O)=O)c2)cc1-c1nc(C)oc1-c1ccc(OC(F)(F)F)cc1. The van der Waals surface area contributed by atoms with Gasteiger partial charge in [-0.25, -0.2) is 18.1 Å². The van der Waals surface area contributed by atoms with E-state index in [0.717, 1.165) is 6.26 Å². The van der Waals surface area contributed by atoms with E-state index in [9.17, 15) is 21.6 Å². The number of ether oxygens (including phenoxy) is 2. The van der Waals surface area contributed by atoms with Crippen LogP contribution in [0.15, 0.2) is 82.1 Å². The van der Waals surface area contributed by atoms with E-state index in [4.69, 9.17) is 9.15 Å². The summed E-state index contributed by atoms with van der Waals surface area (Å²) in [6.07, 6.45) is -3.68. The van der Waals surface area contributed by atoms with Crippen molar-refractivity contribution in [3.63, 3.8) is 0 Å². The van der Waals surface area contributed by atoms with E-state index in [1.807, 2.05) is 32.0 Å². The summed E-state index contributed by atoms with van der Waals surface area (Å²) in [6, 6.07) is 19.2. The summed E-state index contributed by atoms with van der Waals surface area (Å²) < 4.78 is 80.0. The minimum Gasteiger partial charge on any atom is -0.478 e. The second-order valence-electron chi connectivity index (χ2n) is 9.48. The molecule has 0 amide bonds. The van der Waals surface area contributed by atoms with Crippen molar-refractivity contribution in [1.82, 2.24) is 14.8 Å². The molecule has 0 bridgehead atoms. The molecule has 0 N–H and O–H groups in total. The van der Waals surface area contributed by atoms with Crippen LogP contribution in [0.2, 0.25) is 0 Å². The van der Waals surface area contributed by atoms with Crippen molar-refractivity contribution in [2.24, 2.45) is 0 Å². The summed E-state index contributed by atoms with van der Waals surface area (Å²) >= 11 is 0. The van der Waals surface area contributed by atoms with Gasteiger partial charge >= 0.3 is 6.36 Å². The van der Waals surface area contributed by atoms with E-state index < -0.39 is 16.2 Å². The van der Waals surface area contributed by atoms with Crippen molar-refractivity contribution >= 4 is 9.84 Å². The van der Waals surface area contributed by atoms with Gasteiger partial charge < -0.3 is 13.9 Å². The smallest absolute Gasteiger partial charge is 0.478 e. The molecule has 0 spiro atoms. The van der Waals surface area contributed by atoms with Crippen LogP contribution in [0.4, 0.5) is 13.2 Å². The number of aryl methyl sites for hydroxylation is 2. The summed E-state index contributed by atoms with van der Waals surface area (Å²) in [6.45, 7) is 5.76. The fraction of sp³-hybridized carbons (Fsp3) is 0.200. The van der Waals surface area contributed by atoms with Crippen LogP contribution in [0, 0.1) is 13.8 Å². The number of hydrogen-bond donors (Lipinski definition) is 0. The number of benzene rings is 3. The number of hydrogen-bond acceptors (Lipinski definition) is 7. The zero-order chi connectivity index (χ0) is 30.2. The van der Waals surface area contributed by atoms with Gasteiger partial charge in [0.05, 0.1) is 22.9 Å². The molecule has 0 aliphatic heterocycles. The van der Waals surface area contributed by atoms with Gasteiger partial charge in [-0.15, -0.1) is 13.2 Å². The molecular formula is C30H26F3N3O5S. The highest BCUT2D eigenvalue weighted by molar-refractivity contribution is 7.90. The summed E-state index contributed by atoms with van der Waals surface area (Å²) in [7, 11) is -3.45. The van der Waals surface area contributed by atoms with Gasteiger partial charge in [0.1, 0.15) is 11.4 Å².